The van der Waals surface area contributed by atoms with Crippen LogP contribution >= 0.6 is 11.6 Å². The Labute approximate surface area is 99.5 Å². The van der Waals surface area contributed by atoms with E-state index in [1.54, 1.807) is 0 Å². The number of hydrogen-bond donors (Lipinski definition) is 0. The molecule has 3 heteroatoms. The Kier molecular flexibility index (Phi) is 2.57. The highest BCUT2D eigenvalue weighted by Gasteiger charge is 2.12. The fourth-order valence-electron chi connectivity index (χ4n) is 1.82. The molecule has 0 fully saturated rings. The van der Waals surface area contributed by atoms with Crippen LogP contribution in [0.3, 0.4) is 0 Å². The van der Waals surface area contributed by atoms with Gasteiger partial charge in [0.25, 0.3) is 0 Å². The highest BCUT2D eigenvalue weighted by molar-refractivity contribution is 6.31. The maximum Gasteiger partial charge on any atom is 0.147 e. The highest BCUT2D eigenvalue weighted by Crippen LogP contribution is 2.28. The first-order valence-electron chi connectivity index (χ1n) is 5.02. The van der Waals surface area contributed by atoms with Gasteiger partial charge >= 0.3 is 0 Å². The molecule has 1 aromatic heterocycles. The van der Waals surface area contributed by atoms with E-state index in [2.05, 4.69) is 11.1 Å². The third-order valence-electron chi connectivity index (χ3n) is 3.01. The summed E-state index contributed by atoms with van der Waals surface area (Å²) in [5, 5.41) is 10.3. The molecule has 2 rings (SSSR count). The fourth-order valence-corrected chi connectivity index (χ4v) is 2.09. The second-order valence-corrected chi connectivity index (χ2v) is 4.28. The van der Waals surface area contributed by atoms with E-state index >= 15 is 0 Å². The van der Waals surface area contributed by atoms with Gasteiger partial charge in [0.15, 0.2) is 0 Å². The highest BCUT2D eigenvalue weighted by atomic mass is 35.5. The molecule has 0 spiro atoms. The van der Waals surface area contributed by atoms with Crippen molar-refractivity contribution in [1.29, 1.82) is 5.26 Å². The number of fused-ring (bicyclic) bond motifs is 1. The quantitative estimate of drug-likeness (QED) is 0.648. The van der Waals surface area contributed by atoms with Crippen LogP contribution in [0.4, 0.5) is 0 Å². The Morgan fingerprint density at radius 1 is 1.19 bits per heavy atom. The van der Waals surface area contributed by atoms with Crippen molar-refractivity contribution in [3.05, 3.63) is 39.5 Å². The molecule has 80 valence electrons. The molecular formula is C13H11ClN2. The molecular weight excluding hydrogens is 220 g/mol. The fraction of sp³-hybridized carbons (Fsp3) is 0.231. The van der Waals surface area contributed by atoms with Gasteiger partial charge in [-0.1, -0.05) is 23.7 Å². The van der Waals surface area contributed by atoms with Crippen LogP contribution in [0.15, 0.2) is 12.1 Å². The molecule has 16 heavy (non-hydrogen) atoms. The maximum atomic E-state index is 9.01. The van der Waals surface area contributed by atoms with Crippen molar-refractivity contribution in [3.63, 3.8) is 0 Å². The van der Waals surface area contributed by atoms with E-state index in [0.717, 1.165) is 22.0 Å². The zero-order chi connectivity index (χ0) is 11.9. The van der Waals surface area contributed by atoms with Crippen molar-refractivity contribution in [2.75, 3.05) is 0 Å². The summed E-state index contributed by atoms with van der Waals surface area (Å²) >= 11 is 6.00. The molecule has 0 unspecified atom stereocenters. The van der Waals surface area contributed by atoms with E-state index in [9.17, 15) is 0 Å². The van der Waals surface area contributed by atoms with Gasteiger partial charge < -0.3 is 0 Å². The standard InChI is InChI=1S/C13H11ClN2/c1-7-4-5-10-9(3)11(6-15)13(14)16-12(10)8(7)2/h4-5H,1-3H3. The number of nitrogens with zero attached hydrogens (tertiary/aromatic N) is 2. The monoisotopic (exact) mass is 230 g/mol. The van der Waals surface area contributed by atoms with Crippen LogP contribution in [0.5, 0.6) is 0 Å². The zero-order valence-corrected chi connectivity index (χ0v) is 10.2. The molecule has 0 saturated heterocycles. The number of hydrogen-bond acceptors (Lipinski definition) is 2. The summed E-state index contributed by atoms with van der Waals surface area (Å²) in [5.41, 5.74) is 4.56. The van der Waals surface area contributed by atoms with Gasteiger partial charge in [-0.25, -0.2) is 4.98 Å². The van der Waals surface area contributed by atoms with Gasteiger partial charge in [-0.15, -0.1) is 0 Å². The molecule has 1 aromatic carbocycles. The summed E-state index contributed by atoms with van der Waals surface area (Å²) in [6.45, 7) is 5.97. The van der Waals surface area contributed by atoms with Gasteiger partial charge in [-0.3, -0.25) is 0 Å². The molecule has 0 aliphatic carbocycles. The van der Waals surface area contributed by atoms with Crippen molar-refractivity contribution < 1.29 is 0 Å². The lowest BCUT2D eigenvalue weighted by atomic mass is 10.00. The maximum absolute atomic E-state index is 9.01. The van der Waals surface area contributed by atoms with E-state index in [-0.39, 0.29) is 0 Å². The van der Waals surface area contributed by atoms with Crippen LogP contribution in [-0.2, 0) is 0 Å². The number of halogens is 1. The normalized spacial score (nSPS) is 10.4. The van der Waals surface area contributed by atoms with E-state index in [0.29, 0.717) is 10.7 Å². The van der Waals surface area contributed by atoms with E-state index in [1.807, 2.05) is 32.9 Å². The molecule has 0 aliphatic rings. The molecule has 0 amide bonds. The average molecular weight is 231 g/mol. The third-order valence-corrected chi connectivity index (χ3v) is 3.28. The molecule has 0 atom stereocenters. The number of aromatic nitrogens is 1. The predicted molar refractivity (Wildman–Crippen MR) is 65.7 cm³/mol. The number of rotatable bonds is 0. The van der Waals surface area contributed by atoms with Crippen molar-refractivity contribution in [3.8, 4) is 6.07 Å². The van der Waals surface area contributed by atoms with Gasteiger partial charge in [0.05, 0.1) is 11.1 Å². The Morgan fingerprint density at radius 2 is 1.88 bits per heavy atom. The van der Waals surface area contributed by atoms with Gasteiger partial charge in [0.1, 0.15) is 11.2 Å². The molecule has 2 aromatic rings. The van der Waals surface area contributed by atoms with E-state index < -0.39 is 0 Å². The Bertz CT molecular complexity index is 624. The van der Waals surface area contributed by atoms with Gasteiger partial charge in [0, 0.05) is 5.39 Å². The van der Waals surface area contributed by atoms with Crippen molar-refractivity contribution in [1.82, 2.24) is 4.98 Å². The Balaban J connectivity index is 3.00. The lowest BCUT2D eigenvalue weighted by Gasteiger charge is -2.09. The lowest BCUT2D eigenvalue weighted by molar-refractivity contribution is 1.27. The van der Waals surface area contributed by atoms with Crippen LogP contribution in [0, 0.1) is 32.1 Å². The second-order valence-electron chi connectivity index (χ2n) is 3.92. The van der Waals surface area contributed by atoms with Crippen LogP contribution in [0.2, 0.25) is 5.15 Å². The molecule has 2 nitrogen and oxygen atoms in total. The lowest BCUT2D eigenvalue weighted by Crippen LogP contribution is -1.94. The predicted octanol–water partition coefficient (Wildman–Crippen LogP) is 3.69. The molecule has 0 radical (unpaired) electrons. The number of benzene rings is 1. The van der Waals surface area contributed by atoms with Crippen LogP contribution in [-0.4, -0.2) is 4.98 Å². The molecule has 1 heterocycles. The first-order chi connectivity index (χ1) is 7.56. The van der Waals surface area contributed by atoms with Gasteiger partial charge in [-0.05, 0) is 37.5 Å². The first-order valence-corrected chi connectivity index (χ1v) is 5.40. The number of nitriles is 1. The summed E-state index contributed by atoms with van der Waals surface area (Å²) in [6.07, 6.45) is 0. The van der Waals surface area contributed by atoms with Crippen molar-refractivity contribution in [2.45, 2.75) is 20.8 Å². The topological polar surface area (TPSA) is 36.7 Å². The van der Waals surface area contributed by atoms with Gasteiger partial charge in [0.2, 0.25) is 0 Å². The SMILES string of the molecule is Cc1ccc2c(C)c(C#N)c(Cl)nc2c1C. The minimum Gasteiger partial charge on any atom is -0.234 e. The van der Waals surface area contributed by atoms with Crippen LogP contribution in [0.1, 0.15) is 22.3 Å². The second kappa shape index (κ2) is 3.77. The Morgan fingerprint density at radius 3 is 2.50 bits per heavy atom. The largest absolute Gasteiger partial charge is 0.234 e. The summed E-state index contributed by atoms with van der Waals surface area (Å²) in [4.78, 5) is 4.31. The van der Waals surface area contributed by atoms with Crippen molar-refractivity contribution in [2.24, 2.45) is 0 Å². The Hall–Kier alpha value is -1.59. The van der Waals surface area contributed by atoms with E-state index in [1.165, 1.54) is 5.56 Å². The average Bonchev–Trinajstić information content (AvgIpc) is 2.25. The van der Waals surface area contributed by atoms with Crippen molar-refractivity contribution >= 4 is 22.5 Å². The summed E-state index contributed by atoms with van der Waals surface area (Å²) < 4.78 is 0. The smallest absolute Gasteiger partial charge is 0.147 e. The van der Waals surface area contributed by atoms with Gasteiger partial charge in [-0.2, -0.15) is 5.26 Å². The summed E-state index contributed by atoms with van der Waals surface area (Å²) in [7, 11) is 0. The summed E-state index contributed by atoms with van der Waals surface area (Å²) in [5.74, 6) is 0. The minimum absolute atomic E-state index is 0.293. The molecule has 0 saturated carbocycles. The number of aryl methyl sites for hydroxylation is 3. The molecule has 0 aliphatic heterocycles. The van der Waals surface area contributed by atoms with E-state index in [4.69, 9.17) is 16.9 Å². The number of pyridine rings is 1. The van der Waals surface area contributed by atoms with Crippen LogP contribution < -0.4 is 0 Å². The summed E-state index contributed by atoms with van der Waals surface area (Å²) in [6, 6.07) is 6.14. The minimum atomic E-state index is 0.293. The first kappa shape index (κ1) is 10.9. The molecule has 0 bridgehead atoms. The van der Waals surface area contributed by atoms with Crippen LogP contribution in [0.25, 0.3) is 10.9 Å². The molecule has 0 N–H and O–H groups in total. The third kappa shape index (κ3) is 1.45. The zero-order valence-electron chi connectivity index (χ0n) is 9.43.